The molecule has 176 valence electrons. The van der Waals surface area contributed by atoms with Gasteiger partial charge in [0.15, 0.2) is 23.0 Å². The zero-order valence-electron chi connectivity index (χ0n) is 18.1. The predicted octanol–water partition coefficient (Wildman–Crippen LogP) is 2.97. The Kier molecular flexibility index (Phi) is 8.85. The highest BCUT2D eigenvalue weighted by Gasteiger charge is 2.17. The van der Waals surface area contributed by atoms with Crippen LogP contribution in [0.1, 0.15) is 20.7 Å². The van der Waals surface area contributed by atoms with E-state index in [1.807, 2.05) is 0 Å². The van der Waals surface area contributed by atoms with Gasteiger partial charge in [-0.1, -0.05) is 0 Å². The maximum atomic E-state index is 12.2. The summed E-state index contributed by atoms with van der Waals surface area (Å²) in [5, 5.41) is 0. The summed E-state index contributed by atoms with van der Waals surface area (Å²) in [7, 11) is 4.91. The first-order chi connectivity index (χ1) is 15.8. The van der Waals surface area contributed by atoms with Gasteiger partial charge in [-0.05, 0) is 36.4 Å². The van der Waals surface area contributed by atoms with Crippen LogP contribution in [0.15, 0.2) is 36.4 Å². The minimum Gasteiger partial charge on any atom is -0.493 e. The Bertz CT molecular complexity index is 948. The van der Waals surface area contributed by atoms with Crippen molar-refractivity contribution in [3.05, 3.63) is 47.5 Å². The summed E-state index contributed by atoms with van der Waals surface area (Å²) in [5.41, 5.74) is 0.0946. The molecule has 2 aromatic carbocycles. The highest BCUT2D eigenvalue weighted by molar-refractivity contribution is 5.92. The molecule has 0 aromatic heterocycles. The van der Waals surface area contributed by atoms with Crippen molar-refractivity contribution in [2.75, 3.05) is 35.2 Å². The normalized spacial score (nSPS) is 9.82. The number of hydrogen-bond acceptors (Lipinski definition) is 12. The van der Waals surface area contributed by atoms with E-state index in [2.05, 4.69) is 9.47 Å². The molecule has 0 aliphatic carbocycles. The van der Waals surface area contributed by atoms with Gasteiger partial charge in [0, 0.05) is 0 Å². The third-order valence-corrected chi connectivity index (χ3v) is 3.90. The molecule has 0 amide bonds. The van der Waals surface area contributed by atoms with E-state index in [4.69, 9.17) is 28.4 Å². The van der Waals surface area contributed by atoms with E-state index >= 15 is 0 Å². The van der Waals surface area contributed by atoms with Crippen molar-refractivity contribution in [1.29, 1.82) is 0 Å². The number of carbonyl (C=O) groups is 4. The van der Waals surface area contributed by atoms with Gasteiger partial charge < -0.3 is 37.9 Å². The summed E-state index contributed by atoms with van der Waals surface area (Å²) in [5.74, 6) is -1.45. The van der Waals surface area contributed by atoms with Crippen LogP contribution < -0.4 is 18.9 Å². The Morgan fingerprint density at radius 3 is 1.33 bits per heavy atom. The van der Waals surface area contributed by atoms with E-state index in [0.717, 1.165) is 14.2 Å². The fourth-order valence-corrected chi connectivity index (χ4v) is 2.32. The van der Waals surface area contributed by atoms with Crippen molar-refractivity contribution in [3.63, 3.8) is 0 Å². The average Bonchev–Trinajstić information content (AvgIpc) is 2.83. The third kappa shape index (κ3) is 6.75. The summed E-state index contributed by atoms with van der Waals surface area (Å²) in [6, 6.07) is 7.79. The molecular formula is C21H20O12. The molecule has 0 heterocycles. The van der Waals surface area contributed by atoms with Gasteiger partial charge in [0.2, 0.25) is 6.79 Å². The lowest BCUT2D eigenvalue weighted by Gasteiger charge is -2.11. The molecule has 0 spiro atoms. The first-order valence-corrected chi connectivity index (χ1v) is 9.04. The first kappa shape index (κ1) is 24.8. The summed E-state index contributed by atoms with van der Waals surface area (Å²) >= 11 is 0. The number of esters is 2. The Labute approximate surface area is 187 Å². The van der Waals surface area contributed by atoms with Crippen LogP contribution in [0.5, 0.6) is 23.0 Å². The molecule has 12 nitrogen and oxygen atoms in total. The van der Waals surface area contributed by atoms with Gasteiger partial charge in [0.05, 0.1) is 39.6 Å². The maximum Gasteiger partial charge on any atom is 0.513 e. The minimum absolute atomic E-state index is 0.0286. The molecule has 0 N–H and O–H groups in total. The van der Waals surface area contributed by atoms with E-state index in [1.165, 1.54) is 50.6 Å². The molecule has 0 radical (unpaired) electrons. The molecule has 0 saturated carbocycles. The third-order valence-electron chi connectivity index (χ3n) is 3.90. The van der Waals surface area contributed by atoms with Gasteiger partial charge in [0.1, 0.15) is 0 Å². The summed E-state index contributed by atoms with van der Waals surface area (Å²) in [6.45, 7) is -0.691. The summed E-state index contributed by atoms with van der Waals surface area (Å²) in [4.78, 5) is 46.9. The lowest BCUT2D eigenvalue weighted by atomic mass is 10.2. The standard InChI is InChI=1S/C21H20O12/c1-26-16-9-12(5-7-14(16)32-20(24)28-3)18(22)30-11-31-19(23)13-6-8-15(17(10-13)27-2)33-21(25)29-4/h5-10H,11H2,1-4H3. The second kappa shape index (κ2) is 11.8. The van der Waals surface area contributed by atoms with Crippen LogP contribution in [0.3, 0.4) is 0 Å². The highest BCUT2D eigenvalue weighted by Crippen LogP contribution is 2.30. The molecule has 0 saturated heterocycles. The average molecular weight is 464 g/mol. The number of rotatable bonds is 8. The van der Waals surface area contributed by atoms with Gasteiger partial charge in [0.25, 0.3) is 0 Å². The largest absolute Gasteiger partial charge is 0.513 e. The molecule has 0 aliphatic rings. The van der Waals surface area contributed by atoms with Crippen molar-refractivity contribution in [1.82, 2.24) is 0 Å². The van der Waals surface area contributed by atoms with E-state index < -0.39 is 31.0 Å². The lowest BCUT2D eigenvalue weighted by Crippen LogP contribution is -2.14. The van der Waals surface area contributed by atoms with E-state index in [0.29, 0.717) is 0 Å². The van der Waals surface area contributed by atoms with Crippen molar-refractivity contribution < 1.29 is 57.1 Å². The van der Waals surface area contributed by atoms with Crippen molar-refractivity contribution >= 4 is 24.2 Å². The quantitative estimate of drug-likeness (QED) is 0.245. The van der Waals surface area contributed by atoms with Crippen LogP contribution in [-0.4, -0.2) is 59.5 Å². The number of benzene rings is 2. The lowest BCUT2D eigenvalue weighted by molar-refractivity contribution is -0.0167. The molecule has 0 aliphatic heterocycles. The number of methoxy groups -OCH3 is 4. The smallest absolute Gasteiger partial charge is 0.493 e. The van der Waals surface area contributed by atoms with Crippen molar-refractivity contribution in [3.8, 4) is 23.0 Å². The van der Waals surface area contributed by atoms with Crippen molar-refractivity contribution in [2.24, 2.45) is 0 Å². The monoisotopic (exact) mass is 464 g/mol. The molecule has 0 fully saturated rings. The fourth-order valence-electron chi connectivity index (χ4n) is 2.32. The molecule has 2 rings (SSSR count). The molecule has 33 heavy (non-hydrogen) atoms. The zero-order valence-corrected chi connectivity index (χ0v) is 18.1. The number of carbonyl (C=O) groups excluding carboxylic acids is 4. The van der Waals surface area contributed by atoms with Crippen LogP contribution in [0.4, 0.5) is 9.59 Å². The van der Waals surface area contributed by atoms with Gasteiger partial charge in [-0.2, -0.15) is 0 Å². The second-order valence-electron chi connectivity index (χ2n) is 5.83. The Morgan fingerprint density at radius 2 is 1.00 bits per heavy atom. The van der Waals surface area contributed by atoms with E-state index in [-0.39, 0.29) is 34.1 Å². The highest BCUT2D eigenvalue weighted by atomic mass is 16.7. The number of ether oxygens (including phenoxy) is 8. The zero-order chi connectivity index (χ0) is 24.4. The van der Waals surface area contributed by atoms with E-state index in [9.17, 15) is 19.2 Å². The molecule has 2 aromatic rings. The van der Waals surface area contributed by atoms with Crippen LogP contribution in [0.25, 0.3) is 0 Å². The van der Waals surface area contributed by atoms with E-state index in [1.54, 1.807) is 0 Å². The summed E-state index contributed by atoms with van der Waals surface area (Å²) < 4.78 is 38.5. The van der Waals surface area contributed by atoms with Crippen LogP contribution in [-0.2, 0) is 18.9 Å². The van der Waals surface area contributed by atoms with Crippen molar-refractivity contribution in [2.45, 2.75) is 0 Å². The van der Waals surface area contributed by atoms with Gasteiger partial charge >= 0.3 is 24.2 Å². The second-order valence-corrected chi connectivity index (χ2v) is 5.83. The molecule has 12 heteroatoms. The van der Waals surface area contributed by atoms with Crippen LogP contribution in [0.2, 0.25) is 0 Å². The Hall–Kier alpha value is -4.48. The molecule has 0 unspecified atom stereocenters. The SMILES string of the molecule is COC(=O)Oc1ccc(C(=O)OCOC(=O)c2ccc(OC(=O)OC)c(OC)c2)cc1OC. The first-order valence-electron chi connectivity index (χ1n) is 9.04. The maximum absolute atomic E-state index is 12.2. The Morgan fingerprint density at radius 1 is 0.606 bits per heavy atom. The minimum atomic E-state index is -0.961. The Balaban J connectivity index is 1.98. The molecular weight excluding hydrogens is 444 g/mol. The van der Waals surface area contributed by atoms with Gasteiger partial charge in [-0.3, -0.25) is 0 Å². The van der Waals surface area contributed by atoms with Crippen LogP contribution >= 0.6 is 0 Å². The molecule has 0 atom stereocenters. The molecule has 0 bridgehead atoms. The summed E-state index contributed by atoms with van der Waals surface area (Å²) in [6.07, 6.45) is -1.92. The van der Waals surface area contributed by atoms with Crippen LogP contribution in [0, 0.1) is 0 Å². The van der Waals surface area contributed by atoms with Gasteiger partial charge in [-0.15, -0.1) is 0 Å². The number of hydrogen-bond donors (Lipinski definition) is 0. The fraction of sp³-hybridized carbons (Fsp3) is 0.238. The van der Waals surface area contributed by atoms with Gasteiger partial charge in [-0.25, -0.2) is 19.2 Å². The predicted molar refractivity (Wildman–Crippen MR) is 108 cm³/mol. The topological polar surface area (TPSA) is 142 Å².